The van der Waals surface area contributed by atoms with Crippen LogP contribution in [0.1, 0.15) is 49.7 Å². The van der Waals surface area contributed by atoms with E-state index in [1.54, 1.807) is 0 Å². The number of benzene rings is 1. The van der Waals surface area contributed by atoms with Gasteiger partial charge in [-0.05, 0) is 43.5 Å². The Balaban J connectivity index is 2.02. The molecule has 0 saturated carbocycles. The normalized spacial score (nSPS) is 14.1. The third-order valence-corrected chi connectivity index (χ3v) is 3.52. The van der Waals surface area contributed by atoms with Crippen LogP contribution in [-0.4, -0.2) is 4.98 Å². The quantitative estimate of drug-likeness (QED) is 0.870. The molecule has 2 nitrogen and oxygen atoms in total. The Bertz CT molecular complexity index is 490. The van der Waals surface area contributed by atoms with Crippen LogP contribution in [0.5, 0.6) is 0 Å². The highest BCUT2D eigenvalue weighted by Crippen LogP contribution is 2.18. The smallest absolute Gasteiger partial charge is 0.0570 e. The van der Waals surface area contributed by atoms with Gasteiger partial charge in [0.15, 0.2) is 0 Å². The molecule has 2 atom stereocenters. The maximum Gasteiger partial charge on any atom is 0.0570 e. The lowest BCUT2D eigenvalue weighted by atomic mass is 10.0. The van der Waals surface area contributed by atoms with Crippen molar-refractivity contribution in [1.82, 2.24) is 10.3 Å². The van der Waals surface area contributed by atoms with Crippen LogP contribution in [0, 0.1) is 0 Å². The van der Waals surface area contributed by atoms with E-state index in [9.17, 15) is 0 Å². The third-order valence-electron chi connectivity index (χ3n) is 3.52. The molecule has 1 aromatic carbocycles. The Morgan fingerprint density at radius 2 is 1.74 bits per heavy atom. The van der Waals surface area contributed by atoms with Crippen LogP contribution in [0.15, 0.2) is 48.7 Å². The molecule has 2 heteroatoms. The number of nitrogens with one attached hydrogen (secondary N) is 1. The zero-order valence-corrected chi connectivity index (χ0v) is 11.9. The number of aryl methyl sites for hydroxylation is 1. The van der Waals surface area contributed by atoms with Gasteiger partial charge in [0, 0.05) is 18.3 Å². The Morgan fingerprint density at radius 3 is 2.32 bits per heavy atom. The molecule has 1 heterocycles. The van der Waals surface area contributed by atoms with Gasteiger partial charge < -0.3 is 5.32 Å². The van der Waals surface area contributed by atoms with E-state index in [-0.39, 0.29) is 6.04 Å². The second kappa shape index (κ2) is 6.48. The molecule has 1 aromatic heterocycles. The minimum atomic E-state index is 0.252. The molecule has 0 amide bonds. The van der Waals surface area contributed by atoms with Crippen LogP contribution in [-0.2, 0) is 6.42 Å². The topological polar surface area (TPSA) is 24.9 Å². The fourth-order valence-electron chi connectivity index (χ4n) is 2.23. The first kappa shape index (κ1) is 13.8. The predicted octanol–water partition coefficient (Wildman–Crippen LogP) is 4.06. The maximum absolute atomic E-state index is 4.39. The molecule has 2 aromatic rings. The minimum Gasteiger partial charge on any atom is -0.302 e. The van der Waals surface area contributed by atoms with Crippen molar-refractivity contribution in [2.75, 3.05) is 0 Å². The third kappa shape index (κ3) is 3.65. The van der Waals surface area contributed by atoms with Gasteiger partial charge in [-0.3, -0.25) is 4.98 Å². The summed E-state index contributed by atoms with van der Waals surface area (Å²) in [4.78, 5) is 4.39. The highest BCUT2D eigenvalue weighted by Gasteiger charge is 2.11. The Hall–Kier alpha value is -1.67. The molecule has 0 spiro atoms. The molecule has 100 valence electrons. The molecule has 0 radical (unpaired) electrons. The fraction of sp³-hybridized carbons (Fsp3) is 0.353. The molecule has 0 aliphatic rings. The van der Waals surface area contributed by atoms with Gasteiger partial charge in [0.25, 0.3) is 0 Å². The van der Waals surface area contributed by atoms with Crippen LogP contribution < -0.4 is 5.32 Å². The first-order valence-electron chi connectivity index (χ1n) is 6.96. The van der Waals surface area contributed by atoms with E-state index in [0.717, 1.165) is 12.1 Å². The summed E-state index contributed by atoms with van der Waals surface area (Å²) < 4.78 is 0. The van der Waals surface area contributed by atoms with E-state index in [2.05, 4.69) is 61.4 Å². The first-order valence-corrected chi connectivity index (χ1v) is 6.96. The van der Waals surface area contributed by atoms with Gasteiger partial charge in [0.2, 0.25) is 0 Å². The predicted molar refractivity (Wildman–Crippen MR) is 80.0 cm³/mol. The van der Waals surface area contributed by atoms with Crippen LogP contribution in [0.2, 0.25) is 0 Å². The molecule has 2 rings (SSSR count). The molecular weight excluding hydrogens is 232 g/mol. The van der Waals surface area contributed by atoms with Gasteiger partial charge in [-0.2, -0.15) is 0 Å². The van der Waals surface area contributed by atoms with Crippen LogP contribution >= 0.6 is 0 Å². The van der Waals surface area contributed by atoms with E-state index >= 15 is 0 Å². The van der Waals surface area contributed by atoms with Crippen molar-refractivity contribution in [3.63, 3.8) is 0 Å². The average molecular weight is 254 g/mol. The van der Waals surface area contributed by atoms with Gasteiger partial charge in [-0.1, -0.05) is 37.3 Å². The van der Waals surface area contributed by atoms with E-state index in [1.807, 2.05) is 18.3 Å². The molecule has 0 aliphatic heterocycles. The number of hydrogen-bond acceptors (Lipinski definition) is 2. The van der Waals surface area contributed by atoms with Gasteiger partial charge in [-0.15, -0.1) is 0 Å². The minimum absolute atomic E-state index is 0.252. The first-order chi connectivity index (χ1) is 9.20. The number of aromatic nitrogens is 1. The summed E-state index contributed by atoms with van der Waals surface area (Å²) >= 11 is 0. The molecule has 0 saturated heterocycles. The summed E-state index contributed by atoms with van der Waals surface area (Å²) in [5.74, 6) is 0. The van der Waals surface area contributed by atoms with Crippen molar-refractivity contribution in [3.05, 3.63) is 65.5 Å². The van der Waals surface area contributed by atoms with Crippen LogP contribution in [0.3, 0.4) is 0 Å². The average Bonchev–Trinajstić information content (AvgIpc) is 2.48. The van der Waals surface area contributed by atoms with E-state index in [0.29, 0.717) is 6.04 Å². The van der Waals surface area contributed by atoms with E-state index in [1.165, 1.54) is 11.1 Å². The summed E-state index contributed by atoms with van der Waals surface area (Å²) in [6, 6.07) is 15.4. The van der Waals surface area contributed by atoms with Crippen molar-refractivity contribution >= 4 is 0 Å². The maximum atomic E-state index is 4.39. The summed E-state index contributed by atoms with van der Waals surface area (Å²) in [6.07, 6.45) is 2.93. The molecule has 0 fully saturated rings. The van der Waals surface area contributed by atoms with Crippen molar-refractivity contribution in [3.8, 4) is 0 Å². The van der Waals surface area contributed by atoms with E-state index < -0.39 is 0 Å². The largest absolute Gasteiger partial charge is 0.302 e. The molecule has 2 unspecified atom stereocenters. The Labute approximate surface area is 115 Å². The van der Waals surface area contributed by atoms with Gasteiger partial charge >= 0.3 is 0 Å². The number of nitrogens with zero attached hydrogens (tertiary/aromatic N) is 1. The summed E-state index contributed by atoms with van der Waals surface area (Å²) in [7, 11) is 0. The number of pyridine rings is 1. The Morgan fingerprint density at radius 1 is 1.00 bits per heavy atom. The van der Waals surface area contributed by atoms with Gasteiger partial charge in [0.05, 0.1) is 5.69 Å². The highest BCUT2D eigenvalue weighted by molar-refractivity contribution is 5.25. The van der Waals surface area contributed by atoms with Crippen molar-refractivity contribution < 1.29 is 0 Å². The van der Waals surface area contributed by atoms with Gasteiger partial charge in [-0.25, -0.2) is 0 Å². The van der Waals surface area contributed by atoms with Crippen molar-refractivity contribution in [2.45, 2.75) is 39.3 Å². The Kier molecular flexibility index (Phi) is 4.69. The SMILES string of the molecule is CCc1ccc(C(C)NC(C)c2ccccn2)cc1. The summed E-state index contributed by atoms with van der Waals surface area (Å²) in [5, 5.41) is 3.59. The monoisotopic (exact) mass is 254 g/mol. The highest BCUT2D eigenvalue weighted by atomic mass is 15.0. The molecular formula is C17H22N2. The molecule has 19 heavy (non-hydrogen) atoms. The van der Waals surface area contributed by atoms with Crippen LogP contribution in [0.4, 0.5) is 0 Å². The lowest BCUT2D eigenvalue weighted by Gasteiger charge is -2.20. The van der Waals surface area contributed by atoms with Crippen LogP contribution in [0.25, 0.3) is 0 Å². The number of rotatable bonds is 5. The lowest BCUT2D eigenvalue weighted by molar-refractivity contribution is 0.486. The fourth-order valence-corrected chi connectivity index (χ4v) is 2.23. The molecule has 1 N–H and O–H groups in total. The standard InChI is InChI=1S/C17H22N2/c1-4-15-8-10-16(11-9-15)13(2)19-14(3)17-7-5-6-12-18-17/h5-14,19H,4H2,1-3H3. The van der Waals surface area contributed by atoms with E-state index in [4.69, 9.17) is 0 Å². The lowest BCUT2D eigenvalue weighted by Crippen LogP contribution is -2.23. The summed E-state index contributed by atoms with van der Waals surface area (Å²) in [6.45, 7) is 6.53. The van der Waals surface area contributed by atoms with Gasteiger partial charge in [0.1, 0.15) is 0 Å². The molecule has 0 bridgehead atoms. The zero-order valence-electron chi connectivity index (χ0n) is 11.9. The second-order valence-electron chi connectivity index (χ2n) is 4.96. The zero-order chi connectivity index (χ0) is 13.7. The summed E-state index contributed by atoms with van der Waals surface area (Å²) in [5.41, 5.74) is 3.79. The second-order valence-corrected chi connectivity index (χ2v) is 4.96. The van der Waals surface area contributed by atoms with Crippen molar-refractivity contribution in [1.29, 1.82) is 0 Å². The van der Waals surface area contributed by atoms with Crippen molar-refractivity contribution in [2.24, 2.45) is 0 Å². The molecule has 0 aliphatic carbocycles. The number of hydrogen-bond donors (Lipinski definition) is 1.